The minimum atomic E-state index is -1.20. The van der Waals surface area contributed by atoms with Gasteiger partial charge in [-0.1, -0.05) is 19.9 Å². The number of anilines is 1. The number of nitrogens with two attached hydrogens (primary N) is 1. The third-order valence-corrected chi connectivity index (χ3v) is 3.09. The number of esters is 1. The van der Waals surface area contributed by atoms with Crippen LogP contribution in [-0.2, 0) is 14.3 Å². The Bertz CT molecular complexity index is 724. The summed E-state index contributed by atoms with van der Waals surface area (Å²) in [5.74, 6) is -1.99. The van der Waals surface area contributed by atoms with Crippen LogP contribution in [0.25, 0.3) is 0 Å². The van der Waals surface area contributed by atoms with Crippen molar-refractivity contribution in [2.45, 2.75) is 46.3 Å². The van der Waals surface area contributed by atoms with Gasteiger partial charge in [0.2, 0.25) is 0 Å². The van der Waals surface area contributed by atoms with Crippen LogP contribution in [0.1, 0.15) is 45.0 Å². The van der Waals surface area contributed by atoms with Gasteiger partial charge in [0.1, 0.15) is 5.60 Å². The van der Waals surface area contributed by atoms with Crippen LogP contribution < -0.4 is 16.4 Å². The Kier molecular flexibility index (Phi) is 7.33. The van der Waals surface area contributed by atoms with E-state index in [1.54, 1.807) is 40.7 Å². The van der Waals surface area contributed by atoms with Crippen LogP contribution in [0.3, 0.4) is 0 Å². The zero-order valence-electron chi connectivity index (χ0n) is 16.0. The first-order chi connectivity index (χ1) is 12.4. The van der Waals surface area contributed by atoms with Crippen LogP contribution in [0.4, 0.5) is 15.3 Å². The van der Waals surface area contributed by atoms with E-state index in [4.69, 9.17) is 15.2 Å². The van der Waals surface area contributed by atoms with E-state index < -0.39 is 41.6 Å². The molecule has 1 rings (SSSR count). The summed E-state index contributed by atoms with van der Waals surface area (Å²) >= 11 is 0. The molecule has 0 radical (unpaired) electrons. The first-order valence-corrected chi connectivity index (χ1v) is 8.30. The summed E-state index contributed by atoms with van der Waals surface area (Å²) in [6, 6.07) is 4.92. The number of benzene rings is 1. The highest BCUT2D eigenvalue weighted by Gasteiger charge is 2.28. The maximum absolute atomic E-state index is 12.4. The average Bonchev–Trinajstić information content (AvgIpc) is 2.49. The monoisotopic (exact) mass is 379 g/mol. The summed E-state index contributed by atoms with van der Waals surface area (Å²) in [4.78, 5) is 47.0. The lowest BCUT2D eigenvalue weighted by Gasteiger charge is -2.20. The molecule has 0 aliphatic rings. The average molecular weight is 379 g/mol. The quantitative estimate of drug-likeness (QED) is 0.672. The largest absolute Gasteiger partial charge is 0.448 e. The number of primary amides is 1. The van der Waals surface area contributed by atoms with E-state index in [9.17, 15) is 19.2 Å². The van der Waals surface area contributed by atoms with Crippen molar-refractivity contribution in [2.75, 3.05) is 5.32 Å². The third-order valence-electron chi connectivity index (χ3n) is 3.09. The van der Waals surface area contributed by atoms with Crippen molar-refractivity contribution in [3.05, 3.63) is 29.8 Å². The highest BCUT2D eigenvalue weighted by atomic mass is 16.6. The molecule has 0 spiro atoms. The second-order valence-corrected chi connectivity index (χ2v) is 7.13. The fourth-order valence-corrected chi connectivity index (χ4v) is 2.01. The Morgan fingerprint density at radius 3 is 2.26 bits per heavy atom. The number of hydrogen-bond acceptors (Lipinski definition) is 6. The highest BCUT2D eigenvalue weighted by molar-refractivity contribution is 5.98. The van der Waals surface area contributed by atoms with Gasteiger partial charge in [-0.05, 0) is 44.9 Å². The van der Waals surface area contributed by atoms with Gasteiger partial charge in [0, 0.05) is 5.69 Å². The molecule has 0 aliphatic heterocycles. The van der Waals surface area contributed by atoms with Crippen LogP contribution in [0.5, 0.6) is 0 Å². The molecule has 27 heavy (non-hydrogen) atoms. The minimum Gasteiger partial charge on any atom is -0.448 e. The summed E-state index contributed by atoms with van der Waals surface area (Å²) in [7, 11) is 0. The molecule has 1 aromatic carbocycles. The Balaban J connectivity index is 2.86. The predicted molar refractivity (Wildman–Crippen MR) is 98.1 cm³/mol. The van der Waals surface area contributed by atoms with Crippen molar-refractivity contribution in [1.82, 2.24) is 5.32 Å². The lowest BCUT2D eigenvalue weighted by molar-refractivity contribution is -0.130. The molecule has 0 bridgehead atoms. The first kappa shape index (κ1) is 21.9. The molecule has 9 heteroatoms. The molecule has 1 aromatic rings. The van der Waals surface area contributed by atoms with Crippen molar-refractivity contribution in [1.29, 1.82) is 0 Å². The van der Waals surface area contributed by atoms with Gasteiger partial charge in [0.05, 0.1) is 5.56 Å². The van der Waals surface area contributed by atoms with E-state index in [0.29, 0.717) is 5.69 Å². The topological polar surface area (TPSA) is 137 Å². The zero-order chi connectivity index (χ0) is 20.8. The summed E-state index contributed by atoms with van der Waals surface area (Å²) in [5.41, 5.74) is 4.68. The standard InChI is InChI=1S/C18H25N3O6/c1-10(2)13(14(22)21-16(19)24)26-15(23)11-7-6-8-12(9-11)20-17(25)27-18(3,4)5/h6-10,13H,1-5H3,(H,20,25)(H3,19,21,22,24)/t13-/m1/s1. The zero-order valence-corrected chi connectivity index (χ0v) is 16.0. The molecular formula is C18H25N3O6. The van der Waals surface area contributed by atoms with Gasteiger partial charge in [0.25, 0.3) is 5.91 Å². The van der Waals surface area contributed by atoms with E-state index >= 15 is 0 Å². The number of ether oxygens (including phenoxy) is 2. The lowest BCUT2D eigenvalue weighted by atomic mass is 10.1. The molecule has 0 saturated carbocycles. The Morgan fingerprint density at radius 2 is 1.74 bits per heavy atom. The van der Waals surface area contributed by atoms with E-state index in [0.717, 1.165) is 0 Å². The molecule has 9 nitrogen and oxygen atoms in total. The number of urea groups is 1. The molecule has 4 amide bonds. The maximum Gasteiger partial charge on any atom is 0.412 e. The highest BCUT2D eigenvalue weighted by Crippen LogP contribution is 2.16. The maximum atomic E-state index is 12.4. The summed E-state index contributed by atoms with van der Waals surface area (Å²) in [6.45, 7) is 8.48. The molecular weight excluding hydrogens is 354 g/mol. The van der Waals surface area contributed by atoms with E-state index in [1.165, 1.54) is 18.2 Å². The van der Waals surface area contributed by atoms with Crippen molar-refractivity contribution in [3.63, 3.8) is 0 Å². The van der Waals surface area contributed by atoms with Crippen molar-refractivity contribution >= 4 is 29.7 Å². The normalized spacial score (nSPS) is 12.1. The number of amides is 4. The van der Waals surface area contributed by atoms with Crippen molar-refractivity contribution < 1.29 is 28.7 Å². The van der Waals surface area contributed by atoms with E-state index in [2.05, 4.69) is 5.32 Å². The molecule has 1 atom stereocenters. The number of imide groups is 1. The Labute approximate surface area is 157 Å². The Hall–Kier alpha value is -3.10. The van der Waals surface area contributed by atoms with Gasteiger partial charge in [0.15, 0.2) is 6.10 Å². The van der Waals surface area contributed by atoms with Crippen LogP contribution in [0.2, 0.25) is 0 Å². The minimum absolute atomic E-state index is 0.112. The molecule has 148 valence electrons. The Morgan fingerprint density at radius 1 is 1.11 bits per heavy atom. The first-order valence-electron chi connectivity index (χ1n) is 8.30. The number of nitrogens with one attached hydrogen (secondary N) is 2. The van der Waals surface area contributed by atoms with Gasteiger partial charge in [-0.25, -0.2) is 14.4 Å². The van der Waals surface area contributed by atoms with Gasteiger partial charge in [-0.3, -0.25) is 15.4 Å². The SMILES string of the molecule is CC(C)[C@@H](OC(=O)c1cccc(NC(=O)OC(C)(C)C)c1)C(=O)NC(N)=O. The molecule has 0 saturated heterocycles. The number of carbonyl (C=O) groups excluding carboxylic acids is 4. The van der Waals surface area contributed by atoms with Crippen molar-refractivity contribution in [3.8, 4) is 0 Å². The van der Waals surface area contributed by atoms with E-state index in [-0.39, 0.29) is 5.56 Å². The molecule has 4 N–H and O–H groups in total. The second kappa shape index (κ2) is 9.02. The van der Waals surface area contributed by atoms with Crippen LogP contribution in [-0.4, -0.2) is 35.7 Å². The molecule has 0 aliphatic carbocycles. The smallest absolute Gasteiger partial charge is 0.412 e. The summed E-state index contributed by atoms with van der Waals surface area (Å²) in [6.07, 6.45) is -1.87. The third kappa shape index (κ3) is 7.76. The van der Waals surface area contributed by atoms with Crippen LogP contribution in [0, 0.1) is 5.92 Å². The van der Waals surface area contributed by atoms with Crippen molar-refractivity contribution in [2.24, 2.45) is 11.7 Å². The molecule has 0 aromatic heterocycles. The fourth-order valence-electron chi connectivity index (χ4n) is 2.01. The predicted octanol–water partition coefficient (Wildman–Crippen LogP) is 2.41. The molecule has 0 fully saturated rings. The van der Waals surface area contributed by atoms with Gasteiger partial charge < -0.3 is 15.2 Å². The summed E-state index contributed by atoms with van der Waals surface area (Å²) in [5, 5.41) is 4.40. The van der Waals surface area contributed by atoms with Gasteiger partial charge >= 0.3 is 18.1 Å². The number of carbonyl (C=O) groups is 4. The summed E-state index contributed by atoms with van der Waals surface area (Å²) < 4.78 is 10.3. The number of rotatable bonds is 5. The van der Waals surface area contributed by atoms with Crippen LogP contribution in [0.15, 0.2) is 24.3 Å². The number of hydrogen-bond donors (Lipinski definition) is 3. The lowest BCUT2D eigenvalue weighted by Crippen LogP contribution is -2.45. The fraction of sp³-hybridized carbons (Fsp3) is 0.444. The van der Waals surface area contributed by atoms with Crippen LogP contribution >= 0.6 is 0 Å². The second-order valence-electron chi connectivity index (χ2n) is 7.13. The molecule has 0 heterocycles. The molecule has 0 unspecified atom stereocenters. The van der Waals surface area contributed by atoms with Gasteiger partial charge in [-0.2, -0.15) is 0 Å². The van der Waals surface area contributed by atoms with Gasteiger partial charge in [-0.15, -0.1) is 0 Å². The van der Waals surface area contributed by atoms with E-state index in [1.807, 2.05) is 5.32 Å².